The predicted molar refractivity (Wildman–Crippen MR) is 140 cm³/mol. The van der Waals surface area contributed by atoms with Gasteiger partial charge in [-0.15, -0.1) is 22.7 Å². The summed E-state index contributed by atoms with van der Waals surface area (Å²) < 4.78 is 8.52. The lowest BCUT2D eigenvalue weighted by atomic mass is 9.99. The van der Waals surface area contributed by atoms with Gasteiger partial charge in [-0.3, -0.25) is 0 Å². The van der Waals surface area contributed by atoms with Gasteiger partial charge in [0, 0.05) is 36.3 Å². The highest BCUT2D eigenvalue weighted by atomic mass is 32.1. The van der Waals surface area contributed by atoms with Crippen molar-refractivity contribution >= 4 is 64.4 Å². The number of hydrogen-bond donors (Lipinski definition) is 0. The molecule has 0 bridgehead atoms. The molecule has 0 unspecified atom stereocenters. The van der Waals surface area contributed by atoms with Gasteiger partial charge >= 0.3 is 0 Å². The van der Waals surface area contributed by atoms with Crippen molar-refractivity contribution in [1.29, 1.82) is 0 Å². The number of benzene rings is 4. The van der Waals surface area contributed by atoms with E-state index in [1.165, 1.54) is 62.6 Å². The van der Waals surface area contributed by atoms with Crippen LogP contribution < -0.4 is 4.74 Å². The maximum atomic E-state index is 5.75. The first-order valence-electron chi connectivity index (χ1n) is 11.2. The molecule has 156 valence electrons. The lowest BCUT2D eigenvalue weighted by Crippen LogP contribution is -1.90. The number of ether oxygens (including phenoxy) is 1. The summed E-state index contributed by atoms with van der Waals surface area (Å²) in [6.45, 7) is 3.03. The fourth-order valence-electron chi connectivity index (χ4n) is 5.12. The lowest BCUT2D eigenvalue weighted by Gasteiger charge is -2.05. The second kappa shape index (κ2) is 7.06. The summed E-state index contributed by atoms with van der Waals surface area (Å²) in [4.78, 5) is 2.83. The Hall–Kier alpha value is -2.88. The van der Waals surface area contributed by atoms with Crippen LogP contribution in [0.2, 0.25) is 0 Å². The predicted octanol–water partition coefficient (Wildman–Crippen LogP) is 8.45. The van der Waals surface area contributed by atoms with Gasteiger partial charge in [0.05, 0.1) is 6.61 Å². The molecule has 3 heteroatoms. The monoisotopic (exact) mass is 450 g/mol. The molecule has 0 fully saturated rings. The van der Waals surface area contributed by atoms with Crippen molar-refractivity contribution in [2.24, 2.45) is 0 Å². The van der Waals surface area contributed by atoms with E-state index in [0.717, 1.165) is 31.6 Å². The van der Waals surface area contributed by atoms with Gasteiger partial charge in [0.2, 0.25) is 0 Å². The molecule has 0 N–H and O–H groups in total. The Kier molecular flexibility index (Phi) is 4.12. The smallest absolute Gasteiger partial charge is 0.122 e. The van der Waals surface area contributed by atoms with E-state index >= 15 is 0 Å². The molecule has 0 spiro atoms. The molecule has 6 aromatic rings. The van der Waals surface area contributed by atoms with Crippen molar-refractivity contribution in [3.05, 3.63) is 87.6 Å². The van der Waals surface area contributed by atoms with E-state index in [1.807, 2.05) is 22.7 Å². The molecular formula is C29H22OS2. The van der Waals surface area contributed by atoms with E-state index in [-0.39, 0.29) is 0 Å². The molecule has 7 rings (SSSR count). The van der Waals surface area contributed by atoms with Crippen LogP contribution in [0.3, 0.4) is 0 Å². The summed E-state index contributed by atoms with van der Waals surface area (Å²) in [7, 11) is 0. The zero-order valence-corrected chi connectivity index (χ0v) is 19.5. The number of hydrogen-bond acceptors (Lipinski definition) is 3. The van der Waals surface area contributed by atoms with Crippen LogP contribution in [0.5, 0.6) is 5.75 Å². The lowest BCUT2D eigenvalue weighted by molar-refractivity contribution is 0.356. The Bertz CT molecular complexity index is 1670. The standard InChI is InChI=1S/C29H22OS2/c1-17-12-25-23-14-21-6-9-29-26(24(21)15-20(23)5-8-28(25)31-17)16-22(32-29)7-3-18-2-4-19-10-11-30-27(19)13-18/h2,4-6,8-9,12-16H,3,7,10-11H2,1H3. The van der Waals surface area contributed by atoms with E-state index in [1.54, 1.807) is 0 Å². The van der Waals surface area contributed by atoms with Crippen LogP contribution in [0, 0.1) is 6.92 Å². The molecule has 0 saturated carbocycles. The summed E-state index contributed by atoms with van der Waals surface area (Å²) in [6, 6.07) is 25.5. The molecule has 1 aliphatic heterocycles. The van der Waals surface area contributed by atoms with Crippen molar-refractivity contribution in [3.8, 4) is 5.75 Å². The molecule has 32 heavy (non-hydrogen) atoms. The van der Waals surface area contributed by atoms with E-state index in [2.05, 4.69) is 73.7 Å². The molecule has 4 aromatic carbocycles. The molecule has 0 aliphatic carbocycles. The van der Waals surface area contributed by atoms with Crippen molar-refractivity contribution in [1.82, 2.24) is 0 Å². The van der Waals surface area contributed by atoms with Gasteiger partial charge in [-0.2, -0.15) is 0 Å². The molecule has 0 atom stereocenters. The highest BCUT2D eigenvalue weighted by Crippen LogP contribution is 2.38. The molecular weight excluding hydrogens is 428 g/mol. The average Bonchev–Trinajstić information content (AvgIpc) is 3.53. The van der Waals surface area contributed by atoms with Gasteiger partial charge in [0.25, 0.3) is 0 Å². The Morgan fingerprint density at radius 1 is 0.719 bits per heavy atom. The van der Waals surface area contributed by atoms with E-state index in [0.29, 0.717) is 0 Å². The van der Waals surface area contributed by atoms with Crippen molar-refractivity contribution < 1.29 is 4.74 Å². The maximum Gasteiger partial charge on any atom is 0.122 e. The summed E-state index contributed by atoms with van der Waals surface area (Å²) in [5, 5.41) is 8.19. The van der Waals surface area contributed by atoms with Crippen LogP contribution in [0.4, 0.5) is 0 Å². The SMILES string of the molecule is Cc1cc2c(ccc3cc4c(ccc5sc(CCc6ccc7c(c6)OCC7)cc54)cc32)s1. The second-order valence-corrected chi connectivity index (χ2v) is 11.3. The highest BCUT2D eigenvalue weighted by molar-refractivity contribution is 7.19. The number of aryl methyl sites for hydroxylation is 3. The first-order valence-corrected chi connectivity index (χ1v) is 12.9. The summed E-state index contributed by atoms with van der Waals surface area (Å²) in [5.41, 5.74) is 2.72. The van der Waals surface area contributed by atoms with Crippen molar-refractivity contribution in [2.75, 3.05) is 6.61 Å². The van der Waals surface area contributed by atoms with Gasteiger partial charge in [0.15, 0.2) is 0 Å². The summed E-state index contributed by atoms with van der Waals surface area (Å²) in [5.74, 6) is 1.09. The molecule has 0 radical (unpaired) electrons. The van der Waals surface area contributed by atoms with Crippen LogP contribution in [-0.4, -0.2) is 6.61 Å². The minimum absolute atomic E-state index is 0.828. The van der Waals surface area contributed by atoms with Crippen molar-refractivity contribution in [3.63, 3.8) is 0 Å². The number of fused-ring (bicyclic) bond motifs is 7. The van der Waals surface area contributed by atoms with E-state index in [9.17, 15) is 0 Å². The zero-order chi connectivity index (χ0) is 21.2. The Morgan fingerprint density at radius 3 is 2.28 bits per heavy atom. The minimum atomic E-state index is 0.828. The molecule has 0 amide bonds. The number of thiophene rings is 2. The minimum Gasteiger partial charge on any atom is -0.493 e. The molecule has 0 saturated heterocycles. The Morgan fingerprint density at radius 2 is 1.47 bits per heavy atom. The first kappa shape index (κ1) is 18.7. The quantitative estimate of drug-likeness (QED) is 0.246. The summed E-state index contributed by atoms with van der Waals surface area (Å²) in [6.07, 6.45) is 3.17. The molecule has 3 heterocycles. The highest BCUT2D eigenvalue weighted by Gasteiger charge is 2.13. The van der Waals surface area contributed by atoms with Gasteiger partial charge in [-0.05, 0) is 94.9 Å². The van der Waals surface area contributed by atoms with Gasteiger partial charge < -0.3 is 4.74 Å². The summed E-state index contributed by atoms with van der Waals surface area (Å²) >= 11 is 3.82. The third kappa shape index (κ3) is 2.96. The third-order valence-electron chi connectivity index (χ3n) is 6.75. The van der Waals surface area contributed by atoms with Crippen LogP contribution in [-0.2, 0) is 19.3 Å². The molecule has 1 nitrogen and oxygen atoms in total. The second-order valence-electron chi connectivity index (χ2n) is 8.86. The van der Waals surface area contributed by atoms with E-state index in [4.69, 9.17) is 4.74 Å². The number of rotatable bonds is 3. The first-order chi connectivity index (χ1) is 15.7. The van der Waals surface area contributed by atoms with Crippen molar-refractivity contribution in [2.45, 2.75) is 26.2 Å². The van der Waals surface area contributed by atoms with E-state index < -0.39 is 0 Å². The average molecular weight is 451 g/mol. The molecule has 1 aliphatic rings. The van der Waals surface area contributed by atoms with Crippen LogP contribution in [0.1, 0.15) is 20.9 Å². The fourth-order valence-corrected chi connectivity index (χ4v) is 7.14. The van der Waals surface area contributed by atoms with Crippen LogP contribution in [0.25, 0.3) is 41.7 Å². The van der Waals surface area contributed by atoms with Crippen LogP contribution in [0.15, 0.2) is 66.7 Å². The molecule has 2 aromatic heterocycles. The van der Waals surface area contributed by atoms with Crippen LogP contribution >= 0.6 is 22.7 Å². The van der Waals surface area contributed by atoms with Gasteiger partial charge in [-0.25, -0.2) is 0 Å². The maximum absolute atomic E-state index is 5.75. The Labute approximate surface area is 194 Å². The normalized spacial score (nSPS) is 13.4. The Balaban J connectivity index is 1.28. The van der Waals surface area contributed by atoms with Gasteiger partial charge in [-0.1, -0.05) is 24.3 Å². The third-order valence-corrected chi connectivity index (χ3v) is 8.92. The topological polar surface area (TPSA) is 9.23 Å². The fraction of sp³-hybridized carbons (Fsp3) is 0.172. The van der Waals surface area contributed by atoms with Gasteiger partial charge in [0.1, 0.15) is 5.75 Å². The largest absolute Gasteiger partial charge is 0.493 e. The zero-order valence-electron chi connectivity index (χ0n) is 17.9.